The summed E-state index contributed by atoms with van der Waals surface area (Å²) in [6.07, 6.45) is 0.542. The van der Waals surface area contributed by atoms with Crippen molar-refractivity contribution in [1.82, 2.24) is 0 Å². The van der Waals surface area contributed by atoms with E-state index in [9.17, 15) is 9.59 Å². The second kappa shape index (κ2) is 6.40. The van der Waals surface area contributed by atoms with Crippen LogP contribution >= 0.6 is 0 Å². The third-order valence-corrected chi connectivity index (χ3v) is 2.05. The first kappa shape index (κ1) is 12.9. The molecule has 0 amide bonds. The van der Waals surface area contributed by atoms with Crippen LogP contribution in [0.5, 0.6) is 0 Å². The van der Waals surface area contributed by atoms with Crippen molar-refractivity contribution in [1.29, 1.82) is 0 Å². The number of rotatable bonds is 5. The van der Waals surface area contributed by atoms with Crippen molar-refractivity contribution in [3.8, 4) is 0 Å². The number of carbonyl (C=O) groups is 2. The molecule has 0 saturated heterocycles. The molecule has 0 aromatic carbocycles. The zero-order valence-electron chi connectivity index (χ0n) is 9.20. The molecule has 0 heterocycles. The first-order valence-electron chi connectivity index (χ1n) is 4.78. The second-order valence-corrected chi connectivity index (χ2v) is 3.34. The first-order chi connectivity index (χ1) is 6.47. The molecule has 0 bridgehead atoms. The summed E-state index contributed by atoms with van der Waals surface area (Å²) in [6, 6.07) is 0. The van der Waals surface area contributed by atoms with Gasteiger partial charge in [-0.2, -0.15) is 0 Å². The molecule has 0 aromatic heterocycles. The quantitative estimate of drug-likeness (QED) is 0.634. The van der Waals surface area contributed by atoms with Crippen molar-refractivity contribution >= 4 is 11.9 Å². The van der Waals surface area contributed by atoms with E-state index in [1.165, 1.54) is 13.8 Å². The molecule has 2 unspecified atom stereocenters. The SMILES string of the molecule is CCC(C)C(COC(C)=O)OC(C)=O. The van der Waals surface area contributed by atoms with Crippen LogP contribution in [0.3, 0.4) is 0 Å². The average molecular weight is 202 g/mol. The van der Waals surface area contributed by atoms with Gasteiger partial charge >= 0.3 is 11.9 Å². The highest BCUT2D eigenvalue weighted by Gasteiger charge is 2.19. The molecular weight excluding hydrogens is 184 g/mol. The van der Waals surface area contributed by atoms with Gasteiger partial charge in [-0.1, -0.05) is 13.8 Å². The fraction of sp³-hybridized carbons (Fsp3) is 0.800. The lowest BCUT2D eigenvalue weighted by molar-refractivity contribution is -0.159. The fourth-order valence-corrected chi connectivity index (χ4v) is 0.990. The summed E-state index contributed by atoms with van der Waals surface area (Å²) in [6.45, 7) is 6.78. The van der Waals surface area contributed by atoms with Gasteiger partial charge in [0.15, 0.2) is 0 Å². The summed E-state index contributed by atoms with van der Waals surface area (Å²) in [5, 5.41) is 0. The van der Waals surface area contributed by atoms with E-state index in [-0.39, 0.29) is 30.6 Å². The zero-order chi connectivity index (χ0) is 11.1. The third-order valence-electron chi connectivity index (χ3n) is 2.05. The Morgan fingerprint density at radius 3 is 2.14 bits per heavy atom. The molecule has 0 fully saturated rings. The summed E-state index contributed by atoms with van der Waals surface area (Å²) in [5.41, 5.74) is 0. The lowest BCUT2D eigenvalue weighted by atomic mass is 10.0. The number of hydrogen-bond acceptors (Lipinski definition) is 4. The van der Waals surface area contributed by atoms with Crippen LogP contribution < -0.4 is 0 Å². The molecule has 0 aromatic rings. The van der Waals surface area contributed by atoms with Crippen molar-refractivity contribution in [3.05, 3.63) is 0 Å². The minimum absolute atomic E-state index is 0.143. The normalized spacial score (nSPS) is 14.3. The molecule has 0 spiro atoms. The first-order valence-corrected chi connectivity index (χ1v) is 4.78. The van der Waals surface area contributed by atoms with Gasteiger partial charge in [0.05, 0.1) is 0 Å². The third kappa shape index (κ3) is 5.56. The number of ether oxygens (including phenoxy) is 2. The predicted molar refractivity (Wildman–Crippen MR) is 51.6 cm³/mol. The highest BCUT2D eigenvalue weighted by Crippen LogP contribution is 2.12. The molecule has 82 valence electrons. The molecule has 14 heavy (non-hydrogen) atoms. The van der Waals surface area contributed by atoms with Gasteiger partial charge in [-0.3, -0.25) is 9.59 Å². The highest BCUT2D eigenvalue weighted by atomic mass is 16.6. The maximum Gasteiger partial charge on any atom is 0.303 e. The average Bonchev–Trinajstić information content (AvgIpc) is 2.10. The summed E-state index contributed by atoms with van der Waals surface area (Å²) < 4.78 is 9.85. The number of carbonyl (C=O) groups excluding carboxylic acids is 2. The van der Waals surface area contributed by atoms with Gasteiger partial charge in [-0.25, -0.2) is 0 Å². The monoisotopic (exact) mass is 202 g/mol. The molecular formula is C10H18O4. The Morgan fingerprint density at radius 1 is 1.21 bits per heavy atom. The summed E-state index contributed by atoms with van der Waals surface area (Å²) in [4.78, 5) is 21.3. The fourth-order valence-electron chi connectivity index (χ4n) is 0.990. The van der Waals surface area contributed by atoms with Crippen molar-refractivity contribution in [2.45, 2.75) is 40.2 Å². The van der Waals surface area contributed by atoms with Crippen molar-refractivity contribution in [2.75, 3.05) is 6.61 Å². The van der Waals surface area contributed by atoms with Crippen LogP contribution in [0.15, 0.2) is 0 Å². The van der Waals surface area contributed by atoms with Crippen molar-refractivity contribution in [3.63, 3.8) is 0 Å². The number of hydrogen-bond donors (Lipinski definition) is 0. The Bertz CT molecular complexity index is 200. The Hall–Kier alpha value is -1.06. The van der Waals surface area contributed by atoms with E-state index in [1.807, 2.05) is 13.8 Å². The van der Waals surface area contributed by atoms with E-state index in [0.717, 1.165) is 6.42 Å². The maximum absolute atomic E-state index is 10.8. The van der Waals surface area contributed by atoms with Gasteiger partial charge in [0, 0.05) is 13.8 Å². The summed E-state index contributed by atoms with van der Waals surface area (Å²) in [5.74, 6) is -0.508. The standard InChI is InChI=1S/C10H18O4/c1-5-7(2)10(14-9(4)12)6-13-8(3)11/h7,10H,5-6H2,1-4H3. The largest absolute Gasteiger partial charge is 0.462 e. The van der Waals surface area contributed by atoms with Crippen LogP contribution in [0, 0.1) is 5.92 Å². The van der Waals surface area contributed by atoms with Crippen LogP contribution in [0.4, 0.5) is 0 Å². The maximum atomic E-state index is 10.8. The van der Waals surface area contributed by atoms with Crippen LogP contribution in [0.25, 0.3) is 0 Å². The molecule has 4 nitrogen and oxygen atoms in total. The Balaban J connectivity index is 4.09. The van der Waals surface area contributed by atoms with Gasteiger partial charge in [0.1, 0.15) is 12.7 Å². The smallest absolute Gasteiger partial charge is 0.303 e. The minimum atomic E-state index is -0.356. The van der Waals surface area contributed by atoms with Crippen molar-refractivity contribution < 1.29 is 19.1 Å². The van der Waals surface area contributed by atoms with Gasteiger partial charge in [-0.15, -0.1) is 0 Å². The molecule has 0 aliphatic heterocycles. The van der Waals surface area contributed by atoms with Gasteiger partial charge < -0.3 is 9.47 Å². The summed E-state index contributed by atoms with van der Waals surface area (Å²) >= 11 is 0. The van der Waals surface area contributed by atoms with Crippen LogP contribution in [-0.4, -0.2) is 24.6 Å². The Kier molecular flexibility index (Phi) is 5.92. The zero-order valence-corrected chi connectivity index (χ0v) is 9.20. The summed E-state index contributed by atoms with van der Waals surface area (Å²) in [7, 11) is 0. The Morgan fingerprint density at radius 2 is 1.79 bits per heavy atom. The van der Waals surface area contributed by atoms with E-state index in [1.54, 1.807) is 0 Å². The minimum Gasteiger partial charge on any atom is -0.462 e. The molecule has 0 saturated carbocycles. The van der Waals surface area contributed by atoms with Crippen LogP contribution in [-0.2, 0) is 19.1 Å². The van der Waals surface area contributed by atoms with E-state index in [0.29, 0.717) is 0 Å². The number of esters is 2. The molecule has 4 heteroatoms. The van der Waals surface area contributed by atoms with E-state index in [4.69, 9.17) is 9.47 Å². The predicted octanol–water partition coefficient (Wildman–Crippen LogP) is 1.53. The lowest BCUT2D eigenvalue weighted by Gasteiger charge is -2.21. The second-order valence-electron chi connectivity index (χ2n) is 3.34. The van der Waals surface area contributed by atoms with Gasteiger partial charge in [-0.05, 0) is 12.3 Å². The Labute approximate surface area is 84.6 Å². The molecule has 0 N–H and O–H groups in total. The van der Waals surface area contributed by atoms with E-state index in [2.05, 4.69) is 0 Å². The molecule has 0 rings (SSSR count). The van der Waals surface area contributed by atoms with E-state index >= 15 is 0 Å². The molecule has 0 aliphatic carbocycles. The molecule has 0 radical (unpaired) electrons. The molecule has 0 aliphatic rings. The molecule has 2 atom stereocenters. The van der Waals surface area contributed by atoms with Gasteiger partial charge in [0.2, 0.25) is 0 Å². The van der Waals surface area contributed by atoms with Crippen LogP contribution in [0.1, 0.15) is 34.1 Å². The van der Waals surface area contributed by atoms with Crippen molar-refractivity contribution in [2.24, 2.45) is 5.92 Å². The lowest BCUT2D eigenvalue weighted by Crippen LogP contribution is -2.29. The van der Waals surface area contributed by atoms with E-state index < -0.39 is 0 Å². The van der Waals surface area contributed by atoms with Gasteiger partial charge in [0.25, 0.3) is 0 Å². The topological polar surface area (TPSA) is 52.6 Å². The highest BCUT2D eigenvalue weighted by molar-refractivity contribution is 5.67. The van der Waals surface area contributed by atoms with Crippen LogP contribution in [0.2, 0.25) is 0 Å².